The number of hydrogen-bond donors (Lipinski definition) is 0. The van der Waals surface area contributed by atoms with Crippen LogP contribution in [0.25, 0.3) is 0 Å². The Bertz CT molecular complexity index is 288. The zero-order valence-electron chi connectivity index (χ0n) is 8.50. The summed E-state index contributed by atoms with van der Waals surface area (Å²) in [6.07, 6.45) is 5.82. The molecule has 0 amide bonds. The van der Waals surface area contributed by atoms with Crippen LogP contribution in [0.3, 0.4) is 0 Å². The lowest BCUT2D eigenvalue weighted by Crippen LogP contribution is -2.05. The number of halogens is 2. The number of rotatable bonds is 4. The van der Waals surface area contributed by atoms with Crippen LogP contribution in [0.4, 0.5) is 0 Å². The van der Waals surface area contributed by atoms with E-state index in [0.29, 0.717) is 5.92 Å². The molecule has 1 heterocycles. The molecule has 2 unspecified atom stereocenters. The first-order valence-electron chi connectivity index (χ1n) is 4.81. The Kier molecular flexibility index (Phi) is 4.90. The van der Waals surface area contributed by atoms with E-state index in [1.54, 1.807) is 6.20 Å². The van der Waals surface area contributed by atoms with Gasteiger partial charge in [-0.1, -0.05) is 6.92 Å². The Morgan fingerprint density at radius 3 is 2.71 bits per heavy atom. The molecule has 1 aromatic rings. The van der Waals surface area contributed by atoms with E-state index in [0.717, 1.165) is 17.3 Å². The van der Waals surface area contributed by atoms with Gasteiger partial charge in [0.15, 0.2) is 0 Å². The van der Waals surface area contributed by atoms with Crippen LogP contribution in [0.2, 0.25) is 0 Å². The minimum atomic E-state index is 0.255. The molecule has 1 rings (SSSR count). The topological polar surface area (TPSA) is 12.9 Å². The summed E-state index contributed by atoms with van der Waals surface area (Å²) < 4.78 is 1.04. The molecule has 1 aromatic heterocycles. The van der Waals surface area contributed by atoms with Gasteiger partial charge in [0.25, 0.3) is 0 Å². The van der Waals surface area contributed by atoms with Crippen molar-refractivity contribution >= 4 is 27.5 Å². The van der Waals surface area contributed by atoms with Crippen molar-refractivity contribution in [3.8, 4) is 0 Å². The second-order valence-corrected chi connectivity index (χ2v) is 5.50. The summed E-state index contributed by atoms with van der Waals surface area (Å²) in [5.41, 5.74) is 1.27. The molecule has 78 valence electrons. The number of nitrogens with zero attached hydrogens (tertiary/aromatic N) is 1. The SMILES string of the molecule is CC(Cl)CC(C)Cc1cncc(Br)c1. The van der Waals surface area contributed by atoms with Gasteiger partial charge in [-0.05, 0) is 53.2 Å². The maximum absolute atomic E-state index is 5.95. The molecule has 0 fully saturated rings. The molecular formula is C11H15BrClN. The fourth-order valence-electron chi connectivity index (χ4n) is 1.61. The van der Waals surface area contributed by atoms with Crippen molar-refractivity contribution < 1.29 is 0 Å². The first kappa shape index (κ1) is 12.0. The summed E-state index contributed by atoms with van der Waals surface area (Å²) in [4.78, 5) is 4.14. The Balaban J connectivity index is 2.51. The largest absolute Gasteiger partial charge is 0.263 e. The molecule has 3 heteroatoms. The van der Waals surface area contributed by atoms with Gasteiger partial charge in [0, 0.05) is 22.2 Å². The number of pyridine rings is 1. The van der Waals surface area contributed by atoms with Gasteiger partial charge in [0.1, 0.15) is 0 Å². The van der Waals surface area contributed by atoms with Crippen molar-refractivity contribution in [3.05, 3.63) is 28.5 Å². The summed E-state index contributed by atoms with van der Waals surface area (Å²) in [5.74, 6) is 0.610. The van der Waals surface area contributed by atoms with Gasteiger partial charge in [0.05, 0.1) is 0 Å². The molecule has 0 aromatic carbocycles. The molecule has 2 atom stereocenters. The molecule has 0 radical (unpaired) electrons. The van der Waals surface area contributed by atoms with E-state index in [9.17, 15) is 0 Å². The monoisotopic (exact) mass is 275 g/mol. The van der Waals surface area contributed by atoms with Crippen LogP contribution < -0.4 is 0 Å². The molecule has 0 aliphatic rings. The molecule has 0 bridgehead atoms. The summed E-state index contributed by atoms with van der Waals surface area (Å²) in [6.45, 7) is 4.26. The fourth-order valence-corrected chi connectivity index (χ4v) is 2.32. The molecular weight excluding hydrogens is 261 g/mol. The molecule has 0 spiro atoms. The fraction of sp³-hybridized carbons (Fsp3) is 0.545. The third-order valence-corrected chi connectivity index (χ3v) is 2.68. The van der Waals surface area contributed by atoms with Crippen molar-refractivity contribution in [1.29, 1.82) is 0 Å². The van der Waals surface area contributed by atoms with E-state index in [1.165, 1.54) is 5.56 Å². The van der Waals surface area contributed by atoms with Crippen molar-refractivity contribution in [3.63, 3.8) is 0 Å². The van der Waals surface area contributed by atoms with Gasteiger partial charge in [0.2, 0.25) is 0 Å². The van der Waals surface area contributed by atoms with E-state index < -0.39 is 0 Å². The number of alkyl halides is 1. The second-order valence-electron chi connectivity index (χ2n) is 3.84. The molecule has 0 N–H and O–H groups in total. The molecule has 1 nitrogen and oxygen atoms in total. The van der Waals surface area contributed by atoms with Gasteiger partial charge in [-0.3, -0.25) is 4.98 Å². The van der Waals surface area contributed by atoms with E-state index >= 15 is 0 Å². The minimum absolute atomic E-state index is 0.255. The Morgan fingerprint density at radius 2 is 2.14 bits per heavy atom. The lowest BCUT2D eigenvalue weighted by molar-refractivity contribution is 0.526. The Morgan fingerprint density at radius 1 is 1.43 bits per heavy atom. The van der Waals surface area contributed by atoms with Crippen LogP contribution >= 0.6 is 27.5 Å². The summed E-state index contributed by atoms with van der Waals surface area (Å²) >= 11 is 9.36. The average Bonchev–Trinajstić information content (AvgIpc) is 2.01. The molecule has 0 aliphatic heterocycles. The van der Waals surface area contributed by atoms with Gasteiger partial charge >= 0.3 is 0 Å². The highest BCUT2D eigenvalue weighted by molar-refractivity contribution is 9.10. The van der Waals surface area contributed by atoms with Gasteiger partial charge in [-0.25, -0.2) is 0 Å². The quantitative estimate of drug-likeness (QED) is 0.756. The zero-order chi connectivity index (χ0) is 10.6. The minimum Gasteiger partial charge on any atom is -0.263 e. The van der Waals surface area contributed by atoms with Crippen molar-refractivity contribution in [2.24, 2.45) is 5.92 Å². The van der Waals surface area contributed by atoms with Crippen molar-refractivity contribution in [1.82, 2.24) is 4.98 Å². The summed E-state index contributed by atoms with van der Waals surface area (Å²) in [5, 5.41) is 0.255. The maximum atomic E-state index is 5.95. The molecule has 0 aliphatic carbocycles. The van der Waals surface area contributed by atoms with Gasteiger partial charge < -0.3 is 0 Å². The molecule has 14 heavy (non-hydrogen) atoms. The second kappa shape index (κ2) is 5.72. The third-order valence-electron chi connectivity index (χ3n) is 2.07. The Hall–Kier alpha value is -0.0800. The lowest BCUT2D eigenvalue weighted by Gasteiger charge is -2.12. The van der Waals surface area contributed by atoms with Gasteiger partial charge in [-0.2, -0.15) is 0 Å². The summed E-state index contributed by atoms with van der Waals surface area (Å²) in [6, 6.07) is 2.11. The van der Waals surface area contributed by atoms with Gasteiger partial charge in [-0.15, -0.1) is 11.6 Å². The third kappa shape index (κ3) is 4.43. The first-order chi connectivity index (χ1) is 6.58. The van der Waals surface area contributed by atoms with Crippen LogP contribution in [0.5, 0.6) is 0 Å². The lowest BCUT2D eigenvalue weighted by atomic mass is 9.98. The van der Waals surface area contributed by atoms with Crippen LogP contribution in [0.1, 0.15) is 25.8 Å². The van der Waals surface area contributed by atoms with E-state index in [4.69, 9.17) is 11.6 Å². The van der Waals surface area contributed by atoms with Crippen molar-refractivity contribution in [2.75, 3.05) is 0 Å². The number of aromatic nitrogens is 1. The molecule has 0 saturated heterocycles. The predicted octanol–water partition coefficient (Wildman–Crippen LogP) is 4.04. The molecule has 0 saturated carbocycles. The van der Waals surface area contributed by atoms with Crippen LogP contribution in [-0.4, -0.2) is 10.4 Å². The first-order valence-corrected chi connectivity index (χ1v) is 6.04. The average molecular weight is 277 g/mol. The van der Waals surface area contributed by atoms with Crippen LogP contribution in [0.15, 0.2) is 22.9 Å². The highest BCUT2D eigenvalue weighted by Crippen LogP contribution is 2.18. The standard InChI is InChI=1S/C11H15BrClN/c1-8(3-9(2)13)4-10-5-11(12)7-14-6-10/h5-9H,3-4H2,1-2H3. The van der Waals surface area contributed by atoms with E-state index in [1.807, 2.05) is 13.1 Å². The van der Waals surface area contributed by atoms with E-state index in [2.05, 4.69) is 33.9 Å². The maximum Gasteiger partial charge on any atom is 0.0410 e. The highest BCUT2D eigenvalue weighted by Gasteiger charge is 2.07. The predicted molar refractivity (Wildman–Crippen MR) is 64.7 cm³/mol. The van der Waals surface area contributed by atoms with Crippen molar-refractivity contribution in [2.45, 2.75) is 32.1 Å². The number of hydrogen-bond acceptors (Lipinski definition) is 1. The van der Waals surface area contributed by atoms with Crippen LogP contribution in [0, 0.1) is 5.92 Å². The smallest absolute Gasteiger partial charge is 0.0410 e. The van der Waals surface area contributed by atoms with E-state index in [-0.39, 0.29) is 5.38 Å². The normalized spacial score (nSPS) is 15.1. The Labute approximate surface area is 99.0 Å². The highest BCUT2D eigenvalue weighted by atomic mass is 79.9. The zero-order valence-corrected chi connectivity index (χ0v) is 10.8. The van der Waals surface area contributed by atoms with Crippen LogP contribution in [-0.2, 0) is 6.42 Å². The summed E-state index contributed by atoms with van der Waals surface area (Å²) in [7, 11) is 0.